The van der Waals surface area contributed by atoms with Crippen LogP contribution in [0.4, 0.5) is 4.39 Å². The molecule has 0 aliphatic rings. The minimum absolute atomic E-state index is 0. The van der Waals surface area contributed by atoms with Crippen molar-refractivity contribution < 1.29 is 9.18 Å². The Balaban J connectivity index is 0.00000450. The van der Waals surface area contributed by atoms with Crippen LogP contribution in [0.3, 0.4) is 0 Å². The van der Waals surface area contributed by atoms with E-state index in [-0.39, 0.29) is 35.7 Å². The maximum atomic E-state index is 13.5. The average Bonchev–Trinajstić information content (AvgIpc) is 2.70. The first-order valence-corrected chi connectivity index (χ1v) is 11.1. The summed E-state index contributed by atoms with van der Waals surface area (Å²) in [7, 11) is 0. The largest absolute Gasteiger partial charge is 0.357 e. The van der Waals surface area contributed by atoms with Crippen LogP contribution in [-0.4, -0.2) is 37.8 Å². The summed E-state index contributed by atoms with van der Waals surface area (Å²) in [5.41, 5.74) is 2.39. The summed E-state index contributed by atoms with van der Waals surface area (Å²) in [6.45, 7) is 4.05. The van der Waals surface area contributed by atoms with Crippen molar-refractivity contribution in [2.24, 2.45) is 4.99 Å². The molecule has 2 aromatic carbocycles. The minimum atomic E-state index is -0.235. The average molecular weight is 565 g/mol. The van der Waals surface area contributed by atoms with Crippen molar-refractivity contribution in [1.82, 2.24) is 16.0 Å². The number of carbonyl (C=O) groups excluding carboxylic acids is 1. The van der Waals surface area contributed by atoms with Gasteiger partial charge in [0.15, 0.2) is 5.96 Å². The van der Waals surface area contributed by atoms with Gasteiger partial charge in [-0.3, -0.25) is 4.79 Å². The van der Waals surface area contributed by atoms with E-state index < -0.39 is 0 Å². The summed E-state index contributed by atoms with van der Waals surface area (Å²) in [6.07, 6.45) is 1.99. The van der Waals surface area contributed by atoms with Gasteiger partial charge >= 0.3 is 0 Å². The van der Waals surface area contributed by atoms with Crippen LogP contribution in [0.1, 0.15) is 28.4 Å². The molecule has 9 heteroatoms. The van der Waals surface area contributed by atoms with Gasteiger partial charge in [0.05, 0.1) is 17.1 Å². The number of benzene rings is 2. The molecule has 164 valence electrons. The minimum Gasteiger partial charge on any atom is -0.357 e. The number of halogens is 3. The van der Waals surface area contributed by atoms with Crippen LogP contribution in [0.15, 0.2) is 47.5 Å². The number of guanidine groups is 1. The van der Waals surface area contributed by atoms with E-state index in [9.17, 15) is 9.18 Å². The maximum Gasteiger partial charge on any atom is 0.252 e. The molecular weight excluding hydrogens is 538 g/mol. The van der Waals surface area contributed by atoms with Crippen LogP contribution in [0.25, 0.3) is 0 Å². The quantitative estimate of drug-likeness (QED) is 0.182. The molecule has 0 heterocycles. The van der Waals surface area contributed by atoms with Gasteiger partial charge in [0.25, 0.3) is 5.91 Å². The van der Waals surface area contributed by atoms with E-state index in [0.717, 1.165) is 16.9 Å². The number of nitrogens with zero attached hydrogens (tertiary/aromatic N) is 1. The van der Waals surface area contributed by atoms with Crippen LogP contribution < -0.4 is 16.0 Å². The Bertz CT molecular complexity index is 854. The van der Waals surface area contributed by atoms with Gasteiger partial charge in [-0.15, -0.1) is 24.0 Å². The number of hydrogen-bond acceptors (Lipinski definition) is 3. The third-order valence-electron chi connectivity index (χ3n) is 4.04. The molecule has 0 fully saturated rings. The number of rotatable bonds is 9. The molecule has 5 nitrogen and oxygen atoms in total. The number of thioether (sulfide) groups is 1. The molecule has 0 radical (unpaired) electrons. The zero-order valence-corrected chi connectivity index (χ0v) is 20.9. The number of nitrogens with one attached hydrogen (secondary N) is 3. The van der Waals surface area contributed by atoms with Crippen molar-refractivity contribution in [2.75, 3.05) is 25.9 Å². The molecule has 2 rings (SSSR count). The van der Waals surface area contributed by atoms with Crippen molar-refractivity contribution >= 4 is 59.2 Å². The number of aliphatic imine (C=N–C) groups is 1. The second kappa shape index (κ2) is 14.5. The summed E-state index contributed by atoms with van der Waals surface area (Å²) in [4.78, 5) is 16.7. The third-order valence-corrected chi connectivity index (χ3v) is 4.97. The Kier molecular flexibility index (Phi) is 12.8. The Morgan fingerprint density at radius 2 is 1.83 bits per heavy atom. The van der Waals surface area contributed by atoms with Crippen molar-refractivity contribution in [3.05, 3.63) is 70.0 Å². The Morgan fingerprint density at radius 1 is 1.10 bits per heavy atom. The van der Waals surface area contributed by atoms with Crippen molar-refractivity contribution in [3.8, 4) is 0 Å². The smallest absolute Gasteiger partial charge is 0.252 e. The lowest BCUT2D eigenvalue weighted by Gasteiger charge is -2.13. The molecule has 2 aromatic rings. The molecule has 1 amide bonds. The second-order valence-electron chi connectivity index (χ2n) is 6.20. The molecule has 0 unspecified atom stereocenters. The Hall–Kier alpha value is -1.52. The first-order valence-electron chi connectivity index (χ1n) is 9.36. The summed E-state index contributed by atoms with van der Waals surface area (Å²) in [5.74, 6) is 0.924. The maximum absolute atomic E-state index is 13.5. The highest BCUT2D eigenvalue weighted by atomic mass is 127. The molecule has 0 aromatic heterocycles. The highest BCUT2D eigenvalue weighted by molar-refractivity contribution is 14.0. The van der Waals surface area contributed by atoms with Gasteiger partial charge in [-0.25, -0.2) is 9.38 Å². The molecule has 0 atom stereocenters. The van der Waals surface area contributed by atoms with Crippen molar-refractivity contribution in [1.29, 1.82) is 0 Å². The first kappa shape index (κ1) is 26.5. The monoisotopic (exact) mass is 564 g/mol. The predicted octanol–water partition coefficient (Wildman–Crippen LogP) is 4.45. The summed E-state index contributed by atoms with van der Waals surface area (Å²) in [5, 5.41) is 9.61. The Morgan fingerprint density at radius 3 is 2.53 bits per heavy atom. The second-order valence-corrected chi connectivity index (χ2v) is 7.48. The van der Waals surface area contributed by atoms with E-state index in [0.29, 0.717) is 42.7 Å². The van der Waals surface area contributed by atoms with Gasteiger partial charge in [0.1, 0.15) is 5.82 Å². The third kappa shape index (κ3) is 8.69. The first-order chi connectivity index (χ1) is 14.0. The highest BCUT2D eigenvalue weighted by Crippen LogP contribution is 2.17. The van der Waals surface area contributed by atoms with Crippen molar-refractivity contribution in [2.45, 2.75) is 19.2 Å². The van der Waals surface area contributed by atoms with Crippen LogP contribution >= 0.6 is 47.3 Å². The lowest BCUT2D eigenvalue weighted by Crippen LogP contribution is -2.41. The molecule has 0 saturated carbocycles. The van der Waals surface area contributed by atoms with E-state index in [1.54, 1.807) is 48.2 Å². The zero-order chi connectivity index (χ0) is 21.1. The highest BCUT2D eigenvalue weighted by Gasteiger charge is 2.09. The van der Waals surface area contributed by atoms with Crippen LogP contribution in [0.5, 0.6) is 0 Å². The molecule has 0 spiro atoms. The van der Waals surface area contributed by atoms with Gasteiger partial charge in [-0.2, -0.15) is 11.8 Å². The lowest BCUT2D eigenvalue weighted by atomic mass is 10.1. The molecule has 30 heavy (non-hydrogen) atoms. The van der Waals surface area contributed by atoms with Crippen LogP contribution in [0.2, 0.25) is 5.02 Å². The standard InChI is InChI=1S/C21H26ClFN4OS.HI/c1-3-24-21(27-13-15-8-9-17(23)12-16(15)14-29-2)26-11-10-25-20(28)18-6-4-5-7-19(18)22;/h4-9,12H,3,10-11,13-14H2,1-2H3,(H,25,28)(H2,24,26,27);1H. The molecule has 0 aliphatic carbocycles. The van der Waals surface area contributed by atoms with Gasteiger partial charge < -0.3 is 16.0 Å². The fourth-order valence-corrected chi connectivity index (χ4v) is 3.44. The SMILES string of the molecule is CCNC(=NCc1ccc(F)cc1CSC)NCCNC(=O)c1ccccc1Cl.I. The van der Waals surface area contributed by atoms with Gasteiger partial charge in [0, 0.05) is 25.4 Å². The van der Waals surface area contributed by atoms with E-state index in [4.69, 9.17) is 11.6 Å². The molecule has 0 aliphatic heterocycles. The topological polar surface area (TPSA) is 65.5 Å². The molecule has 0 bridgehead atoms. The molecular formula is C21H27ClFIN4OS. The summed E-state index contributed by atoms with van der Waals surface area (Å²) < 4.78 is 13.5. The zero-order valence-electron chi connectivity index (χ0n) is 17.0. The van der Waals surface area contributed by atoms with Gasteiger partial charge in [0.2, 0.25) is 0 Å². The number of carbonyl (C=O) groups is 1. The van der Waals surface area contributed by atoms with E-state index in [1.807, 2.05) is 13.2 Å². The van der Waals surface area contributed by atoms with E-state index in [1.165, 1.54) is 6.07 Å². The van der Waals surface area contributed by atoms with Gasteiger partial charge in [-0.05, 0) is 48.6 Å². The van der Waals surface area contributed by atoms with Crippen LogP contribution in [-0.2, 0) is 12.3 Å². The fraction of sp³-hybridized carbons (Fsp3) is 0.333. The normalized spacial score (nSPS) is 10.9. The summed E-state index contributed by atoms with van der Waals surface area (Å²) in [6, 6.07) is 11.7. The molecule has 0 saturated heterocycles. The number of amides is 1. The fourth-order valence-electron chi connectivity index (χ4n) is 2.64. The van der Waals surface area contributed by atoms with Crippen molar-refractivity contribution in [3.63, 3.8) is 0 Å². The predicted molar refractivity (Wildman–Crippen MR) is 136 cm³/mol. The summed E-state index contributed by atoms with van der Waals surface area (Å²) >= 11 is 7.68. The van der Waals surface area contributed by atoms with E-state index in [2.05, 4.69) is 20.9 Å². The number of hydrogen-bond donors (Lipinski definition) is 3. The van der Waals surface area contributed by atoms with E-state index >= 15 is 0 Å². The van der Waals surface area contributed by atoms with Crippen LogP contribution in [0, 0.1) is 5.82 Å². The molecule has 3 N–H and O–H groups in total. The lowest BCUT2D eigenvalue weighted by molar-refractivity contribution is 0.0954. The Labute approximate surface area is 203 Å². The van der Waals surface area contributed by atoms with Gasteiger partial charge in [-0.1, -0.05) is 29.8 Å².